The second-order valence-corrected chi connectivity index (χ2v) is 6.20. The van der Waals surface area contributed by atoms with Crippen LogP contribution in [-0.4, -0.2) is 6.04 Å². The maximum absolute atomic E-state index is 5.72. The van der Waals surface area contributed by atoms with Crippen LogP contribution in [0.3, 0.4) is 0 Å². The van der Waals surface area contributed by atoms with Gasteiger partial charge in [-0.1, -0.05) is 41.4 Å². The monoisotopic (exact) mass is 296 g/mol. The van der Waals surface area contributed by atoms with Crippen molar-refractivity contribution in [3.05, 3.63) is 34.3 Å². The van der Waals surface area contributed by atoms with Crippen molar-refractivity contribution in [2.24, 2.45) is 17.7 Å². The molecule has 2 nitrogen and oxygen atoms in total. The lowest BCUT2D eigenvalue weighted by Gasteiger charge is -2.23. The fourth-order valence-corrected chi connectivity index (χ4v) is 3.12. The van der Waals surface area contributed by atoms with Gasteiger partial charge in [0.2, 0.25) is 0 Å². The Balaban J connectivity index is 1.97. The van der Waals surface area contributed by atoms with Crippen LogP contribution in [0.4, 0.5) is 0 Å². The second-order valence-electron chi connectivity index (χ2n) is 5.28. The SMILES string of the molecule is CC1CCC(C(Cc2ccc(Br)cc2)NN)C1. The zero-order valence-electron chi connectivity index (χ0n) is 10.3. The van der Waals surface area contributed by atoms with Crippen LogP contribution in [0.25, 0.3) is 0 Å². The minimum atomic E-state index is 0.418. The first-order valence-corrected chi connectivity index (χ1v) is 7.19. The molecule has 3 atom stereocenters. The third-order valence-corrected chi connectivity index (χ3v) is 4.42. The third-order valence-electron chi connectivity index (χ3n) is 3.89. The molecule has 17 heavy (non-hydrogen) atoms. The van der Waals surface area contributed by atoms with Gasteiger partial charge >= 0.3 is 0 Å². The summed E-state index contributed by atoms with van der Waals surface area (Å²) >= 11 is 3.46. The van der Waals surface area contributed by atoms with Crippen molar-refractivity contribution in [3.8, 4) is 0 Å². The van der Waals surface area contributed by atoms with E-state index in [0.717, 1.165) is 22.7 Å². The molecule has 0 aromatic heterocycles. The molecule has 1 aromatic rings. The predicted octanol–water partition coefficient (Wildman–Crippen LogP) is 3.26. The quantitative estimate of drug-likeness (QED) is 0.661. The molecule has 1 aromatic carbocycles. The maximum Gasteiger partial charge on any atom is 0.0279 e. The molecule has 3 N–H and O–H groups in total. The predicted molar refractivity (Wildman–Crippen MR) is 75.5 cm³/mol. The Bertz CT molecular complexity index is 350. The van der Waals surface area contributed by atoms with Gasteiger partial charge in [0.15, 0.2) is 0 Å². The molecule has 0 amide bonds. The maximum atomic E-state index is 5.72. The van der Waals surface area contributed by atoms with Crippen LogP contribution in [0.1, 0.15) is 31.7 Å². The Labute approximate surface area is 112 Å². The highest BCUT2D eigenvalue weighted by molar-refractivity contribution is 9.10. The van der Waals surface area contributed by atoms with Crippen molar-refractivity contribution in [1.29, 1.82) is 0 Å². The largest absolute Gasteiger partial charge is 0.271 e. The average molecular weight is 297 g/mol. The molecule has 0 radical (unpaired) electrons. The highest BCUT2D eigenvalue weighted by atomic mass is 79.9. The Kier molecular flexibility index (Phi) is 4.60. The molecule has 1 fully saturated rings. The highest BCUT2D eigenvalue weighted by Crippen LogP contribution is 2.33. The van der Waals surface area contributed by atoms with E-state index in [0.29, 0.717) is 6.04 Å². The van der Waals surface area contributed by atoms with Crippen LogP contribution in [-0.2, 0) is 6.42 Å². The van der Waals surface area contributed by atoms with Gasteiger partial charge in [-0.3, -0.25) is 11.3 Å². The van der Waals surface area contributed by atoms with Gasteiger partial charge in [-0.15, -0.1) is 0 Å². The van der Waals surface area contributed by atoms with E-state index in [-0.39, 0.29) is 0 Å². The normalized spacial score (nSPS) is 26.1. The van der Waals surface area contributed by atoms with E-state index in [1.54, 1.807) is 0 Å². The summed E-state index contributed by atoms with van der Waals surface area (Å²) in [5.74, 6) is 7.31. The highest BCUT2D eigenvalue weighted by Gasteiger charge is 2.28. The standard InChI is InChI=1S/C14H21BrN2/c1-10-2-5-12(8-10)14(17-16)9-11-3-6-13(15)7-4-11/h3-4,6-7,10,12,14,17H,2,5,8-9,16H2,1H3. The molecule has 0 saturated heterocycles. The number of halogens is 1. The van der Waals surface area contributed by atoms with E-state index in [9.17, 15) is 0 Å². The molecule has 0 bridgehead atoms. The Morgan fingerprint density at radius 1 is 1.35 bits per heavy atom. The molecule has 1 aliphatic rings. The van der Waals surface area contributed by atoms with E-state index in [4.69, 9.17) is 5.84 Å². The first kappa shape index (κ1) is 13.1. The van der Waals surface area contributed by atoms with Crippen molar-refractivity contribution in [2.45, 2.75) is 38.6 Å². The second kappa shape index (κ2) is 5.98. The summed E-state index contributed by atoms with van der Waals surface area (Å²) in [7, 11) is 0. The lowest BCUT2D eigenvalue weighted by molar-refractivity contribution is 0.353. The Morgan fingerprint density at radius 3 is 2.59 bits per heavy atom. The van der Waals surface area contributed by atoms with Gasteiger partial charge in [0.05, 0.1) is 0 Å². The van der Waals surface area contributed by atoms with Gasteiger partial charge in [-0.2, -0.15) is 0 Å². The molecule has 94 valence electrons. The smallest absolute Gasteiger partial charge is 0.0279 e. The van der Waals surface area contributed by atoms with Gasteiger partial charge in [0.25, 0.3) is 0 Å². The number of hydrogen-bond acceptors (Lipinski definition) is 2. The number of hydrogen-bond donors (Lipinski definition) is 2. The molecule has 0 aliphatic heterocycles. The van der Waals surface area contributed by atoms with Crippen molar-refractivity contribution in [2.75, 3.05) is 0 Å². The zero-order valence-corrected chi connectivity index (χ0v) is 11.9. The van der Waals surface area contributed by atoms with E-state index in [2.05, 4.69) is 52.5 Å². The first-order chi connectivity index (χ1) is 8.19. The lowest BCUT2D eigenvalue weighted by Crippen LogP contribution is -2.41. The van der Waals surface area contributed by atoms with Crippen molar-refractivity contribution in [1.82, 2.24) is 5.43 Å². The summed E-state index contributed by atoms with van der Waals surface area (Å²) in [4.78, 5) is 0. The van der Waals surface area contributed by atoms with Gasteiger partial charge in [-0.25, -0.2) is 0 Å². The van der Waals surface area contributed by atoms with E-state index in [1.807, 2.05) is 0 Å². The number of rotatable bonds is 4. The van der Waals surface area contributed by atoms with Crippen LogP contribution in [0.5, 0.6) is 0 Å². The van der Waals surface area contributed by atoms with Crippen molar-refractivity contribution < 1.29 is 0 Å². The molecular formula is C14H21BrN2. The van der Waals surface area contributed by atoms with Crippen molar-refractivity contribution in [3.63, 3.8) is 0 Å². The fourth-order valence-electron chi connectivity index (χ4n) is 2.85. The van der Waals surface area contributed by atoms with Gasteiger partial charge in [-0.05, 0) is 48.8 Å². The number of hydrazine groups is 1. The van der Waals surface area contributed by atoms with E-state index >= 15 is 0 Å². The van der Waals surface area contributed by atoms with Crippen LogP contribution < -0.4 is 11.3 Å². The molecular weight excluding hydrogens is 276 g/mol. The summed E-state index contributed by atoms with van der Waals surface area (Å²) in [5.41, 5.74) is 4.37. The van der Waals surface area contributed by atoms with Crippen molar-refractivity contribution >= 4 is 15.9 Å². The molecule has 1 aliphatic carbocycles. The minimum Gasteiger partial charge on any atom is -0.271 e. The number of nitrogens with one attached hydrogen (secondary N) is 1. The van der Waals surface area contributed by atoms with Gasteiger partial charge in [0.1, 0.15) is 0 Å². The van der Waals surface area contributed by atoms with Gasteiger partial charge in [0, 0.05) is 10.5 Å². The molecule has 3 heteroatoms. The molecule has 3 unspecified atom stereocenters. The summed E-state index contributed by atoms with van der Waals surface area (Å²) in [6, 6.07) is 8.96. The lowest BCUT2D eigenvalue weighted by atomic mass is 9.92. The van der Waals surface area contributed by atoms with Gasteiger partial charge < -0.3 is 0 Å². The first-order valence-electron chi connectivity index (χ1n) is 6.39. The number of nitrogens with two attached hydrogens (primary N) is 1. The zero-order chi connectivity index (χ0) is 12.3. The minimum absolute atomic E-state index is 0.418. The molecule has 1 saturated carbocycles. The van der Waals surface area contributed by atoms with E-state index < -0.39 is 0 Å². The number of benzene rings is 1. The third kappa shape index (κ3) is 3.54. The fraction of sp³-hybridized carbons (Fsp3) is 0.571. The van der Waals surface area contributed by atoms with Crippen LogP contribution >= 0.6 is 15.9 Å². The summed E-state index contributed by atoms with van der Waals surface area (Å²) < 4.78 is 1.13. The Morgan fingerprint density at radius 2 is 2.06 bits per heavy atom. The van der Waals surface area contributed by atoms with Crippen LogP contribution in [0, 0.1) is 11.8 Å². The molecule has 0 spiro atoms. The Hall–Kier alpha value is -0.380. The average Bonchev–Trinajstić information content (AvgIpc) is 2.75. The van der Waals surface area contributed by atoms with Crippen LogP contribution in [0.15, 0.2) is 28.7 Å². The molecule has 2 rings (SSSR count). The summed E-state index contributed by atoms with van der Waals surface area (Å²) in [6.07, 6.45) is 5.00. The summed E-state index contributed by atoms with van der Waals surface area (Å²) in [5, 5.41) is 0. The van der Waals surface area contributed by atoms with E-state index in [1.165, 1.54) is 24.8 Å². The summed E-state index contributed by atoms with van der Waals surface area (Å²) in [6.45, 7) is 2.34. The van der Waals surface area contributed by atoms with Crippen LogP contribution in [0.2, 0.25) is 0 Å². The topological polar surface area (TPSA) is 38.0 Å². The molecule has 0 heterocycles.